The lowest BCUT2D eigenvalue weighted by molar-refractivity contribution is -0.133. The minimum absolute atomic E-state index is 0.00837. The first-order valence-corrected chi connectivity index (χ1v) is 12.3. The van der Waals surface area contributed by atoms with Crippen LogP contribution in [0.2, 0.25) is 0 Å². The number of carbonyl (C=O) groups excluding carboxylic acids is 1. The van der Waals surface area contributed by atoms with E-state index in [9.17, 15) is 9.59 Å². The maximum atomic E-state index is 13.0. The van der Waals surface area contributed by atoms with Gasteiger partial charge >= 0.3 is 0 Å². The van der Waals surface area contributed by atoms with Gasteiger partial charge in [-0.25, -0.2) is 4.98 Å². The van der Waals surface area contributed by atoms with E-state index in [-0.39, 0.29) is 18.0 Å². The van der Waals surface area contributed by atoms with E-state index in [4.69, 9.17) is 0 Å². The van der Waals surface area contributed by atoms with Gasteiger partial charge in [-0.05, 0) is 37.6 Å². The summed E-state index contributed by atoms with van der Waals surface area (Å²) in [7, 11) is 0. The third-order valence-electron chi connectivity index (χ3n) is 6.54. The van der Waals surface area contributed by atoms with E-state index < -0.39 is 0 Å². The van der Waals surface area contributed by atoms with Crippen molar-refractivity contribution in [2.24, 2.45) is 0 Å². The molecule has 5 rings (SSSR count). The Balaban J connectivity index is 1.20. The molecule has 4 heterocycles. The highest BCUT2D eigenvalue weighted by Crippen LogP contribution is 2.30. The van der Waals surface area contributed by atoms with Crippen molar-refractivity contribution in [3.05, 3.63) is 53.1 Å². The summed E-state index contributed by atoms with van der Waals surface area (Å²) >= 11 is 1.51. The number of hydrogen-bond acceptors (Lipinski definition) is 6. The van der Waals surface area contributed by atoms with Gasteiger partial charge in [-0.2, -0.15) is 0 Å². The van der Waals surface area contributed by atoms with Crippen LogP contribution < -0.4 is 5.56 Å². The quantitative estimate of drug-likeness (QED) is 0.576. The summed E-state index contributed by atoms with van der Waals surface area (Å²) in [6.07, 6.45) is 4.16. The standard InChI is InChI=1S/C24H29N5O2S/c30-22(28-14-12-27(13-15-28)11-10-26-8-4-5-9-26)17-29-18-25-23-20(24(29)31)16-21(32-23)19-6-2-1-3-7-19/h1-3,6-7,16,18H,4-5,8-15,17H2. The molecule has 0 unspecified atom stereocenters. The van der Waals surface area contributed by atoms with Gasteiger partial charge in [0.05, 0.1) is 11.7 Å². The molecule has 2 saturated heterocycles. The fourth-order valence-corrected chi connectivity index (χ4v) is 5.57. The van der Waals surface area contributed by atoms with Gasteiger partial charge in [0.15, 0.2) is 0 Å². The number of piperazine rings is 1. The molecule has 2 aliphatic rings. The molecule has 0 saturated carbocycles. The van der Waals surface area contributed by atoms with Crippen LogP contribution >= 0.6 is 11.3 Å². The number of nitrogens with zero attached hydrogens (tertiary/aromatic N) is 5. The maximum Gasteiger partial charge on any atom is 0.262 e. The molecular weight excluding hydrogens is 422 g/mol. The average molecular weight is 452 g/mol. The third-order valence-corrected chi connectivity index (χ3v) is 7.63. The number of amides is 1. The largest absolute Gasteiger partial charge is 0.339 e. The van der Waals surface area contributed by atoms with Crippen LogP contribution in [0.1, 0.15) is 12.8 Å². The van der Waals surface area contributed by atoms with Gasteiger partial charge < -0.3 is 9.80 Å². The zero-order valence-electron chi connectivity index (χ0n) is 18.3. The van der Waals surface area contributed by atoms with E-state index in [0.29, 0.717) is 10.2 Å². The fraction of sp³-hybridized carbons (Fsp3) is 0.458. The smallest absolute Gasteiger partial charge is 0.262 e. The van der Waals surface area contributed by atoms with Crippen LogP contribution in [0.4, 0.5) is 0 Å². The molecule has 168 valence electrons. The molecule has 3 aromatic rings. The van der Waals surface area contributed by atoms with E-state index in [2.05, 4.69) is 14.8 Å². The molecule has 2 aliphatic heterocycles. The van der Waals surface area contributed by atoms with Crippen LogP contribution in [0.5, 0.6) is 0 Å². The number of hydrogen-bond donors (Lipinski definition) is 0. The molecule has 0 atom stereocenters. The van der Waals surface area contributed by atoms with Crippen molar-refractivity contribution in [1.82, 2.24) is 24.3 Å². The second-order valence-corrected chi connectivity index (χ2v) is 9.67. The molecule has 1 amide bonds. The van der Waals surface area contributed by atoms with E-state index in [1.807, 2.05) is 41.3 Å². The fourth-order valence-electron chi connectivity index (χ4n) is 4.57. The number of thiophene rings is 1. The summed E-state index contributed by atoms with van der Waals surface area (Å²) in [5.41, 5.74) is 0.922. The molecule has 7 nitrogen and oxygen atoms in total. The Kier molecular flexibility index (Phi) is 6.34. The third kappa shape index (κ3) is 4.62. The van der Waals surface area contributed by atoms with E-state index in [1.165, 1.54) is 48.2 Å². The van der Waals surface area contributed by atoms with Crippen LogP contribution in [0.3, 0.4) is 0 Å². The summed E-state index contributed by atoms with van der Waals surface area (Å²) in [4.78, 5) is 38.9. The topological polar surface area (TPSA) is 61.7 Å². The summed E-state index contributed by atoms with van der Waals surface area (Å²) in [6.45, 7) is 7.94. The lowest BCUT2D eigenvalue weighted by Crippen LogP contribution is -2.51. The normalized spacial score (nSPS) is 17.9. The predicted molar refractivity (Wildman–Crippen MR) is 128 cm³/mol. The second-order valence-electron chi connectivity index (χ2n) is 8.64. The zero-order valence-corrected chi connectivity index (χ0v) is 19.1. The molecule has 32 heavy (non-hydrogen) atoms. The highest BCUT2D eigenvalue weighted by atomic mass is 32.1. The van der Waals surface area contributed by atoms with Crippen LogP contribution in [0.15, 0.2) is 47.5 Å². The van der Waals surface area contributed by atoms with Crippen molar-refractivity contribution in [3.8, 4) is 10.4 Å². The molecular formula is C24H29N5O2S. The number of likely N-dealkylation sites (tertiary alicyclic amines) is 1. The van der Waals surface area contributed by atoms with Crippen LogP contribution in [0, 0.1) is 0 Å². The molecule has 2 aromatic heterocycles. The minimum atomic E-state index is -0.147. The van der Waals surface area contributed by atoms with Crippen molar-refractivity contribution in [2.45, 2.75) is 19.4 Å². The number of aromatic nitrogens is 2. The summed E-state index contributed by atoms with van der Waals surface area (Å²) < 4.78 is 1.45. The highest BCUT2D eigenvalue weighted by molar-refractivity contribution is 7.21. The van der Waals surface area contributed by atoms with Gasteiger partial charge in [0, 0.05) is 44.1 Å². The van der Waals surface area contributed by atoms with E-state index in [0.717, 1.165) is 49.7 Å². The van der Waals surface area contributed by atoms with Gasteiger partial charge in [0.2, 0.25) is 5.91 Å². The van der Waals surface area contributed by atoms with E-state index >= 15 is 0 Å². The molecule has 0 N–H and O–H groups in total. The van der Waals surface area contributed by atoms with Gasteiger partial charge in [0.1, 0.15) is 11.4 Å². The van der Waals surface area contributed by atoms with Crippen LogP contribution in [-0.2, 0) is 11.3 Å². The van der Waals surface area contributed by atoms with Gasteiger partial charge in [0.25, 0.3) is 5.56 Å². The zero-order chi connectivity index (χ0) is 21.9. The molecule has 0 bridgehead atoms. The van der Waals surface area contributed by atoms with Crippen molar-refractivity contribution in [1.29, 1.82) is 0 Å². The van der Waals surface area contributed by atoms with Gasteiger partial charge in [-0.1, -0.05) is 30.3 Å². The van der Waals surface area contributed by atoms with Crippen molar-refractivity contribution in [2.75, 3.05) is 52.4 Å². The first kappa shape index (κ1) is 21.3. The number of carbonyl (C=O) groups is 1. The Labute approximate surface area is 191 Å². The van der Waals surface area contributed by atoms with Crippen molar-refractivity contribution in [3.63, 3.8) is 0 Å². The maximum absolute atomic E-state index is 13.0. The molecule has 0 radical (unpaired) electrons. The number of benzene rings is 1. The molecule has 2 fully saturated rings. The van der Waals surface area contributed by atoms with Crippen molar-refractivity contribution < 1.29 is 4.79 Å². The van der Waals surface area contributed by atoms with Crippen LogP contribution in [0.25, 0.3) is 20.7 Å². The van der Waals surface area contributed by atoms with E-state index in [1.54, 1.807) is 0 Å². The second kappa shape index (κ2) is 9.52. The predicted octanol–water partition coefficient (Wildman–Crippen LogP) is 2.37. The summed E-state index contributed by atoms with van der Waals surface area (Å²) in [6, 6.07) is 11.9. The first-order chi connectivity index (χ1) is 15.7. The Morgan fingerprint density at radius 2 is 1.62 bits per heavy atom. The SMILES string of the molecule is O=C(Cn1cnc2sc(-c3ccccc3)cc2c1=O)N1CCN(CCN2CCCC2)CC1. The first-order valence-electron chi connectivity index (χ1n) is 11.4. The molecule has 1 aromatic carbocycles. The minimum Gasteiger partial charge on any atom is -0.339 e. The average Bonchev–Trinajstić information content (AvgIpc) is 3.51. The Morgan fingerprint density at radius 1 is 0.938 bits per heavy atom. The number of rotatable bonds is 6. The van der Waals surface area contributed by atoms with Crippen molar-refractivity contribution >= 4 is 27.5 Å². The molecule has 8 heteroatoms. The summed E-state index contributed by atoms with van der Waals surface area (Å²) in [5, 5.41) is 0.580. The summed E-state index contributed by atoms with van der Waals surface area (Å²) in [5.74, 6) is -0.00837. The number of fused-ring (bicyclic) bond motifs is 1. The Hall–Kier alpha value is -2.55. The highest BCUT2D eigenvalue weighted by Gasteiger charge is 2.23. The Morgan fingerprint density at radius 3 is 2.34 bits per heavy atom. The van der Waals surface area contributed by atoms with Gasteiger partial charge in [-0.3, -0.25) is 19.1 Å². The lowest BCUT2D eigenvalue weighted by atomic mass is 10.2. The van der Waals surface area contributed by atoms with Crippen LogP contribution in [-0.4, -0.2) is 82.5 Å². The van der Waals surface area contributed by atoms with Gasteiger partial charge in [-0.15, -0.1) is 11.3 Å². The molecule has 0 spiro atoms. The Bertz CT molecular complexity index is 1130. The molecule has 0 aliphatic carbocycles. The monoisotopic (exact) mass is 451 g/mol. The lowest BCUT2D eigenvalue weighted by Gasteiger charge is -2.35.